The van der Waals surface area contributed by atoms with Gasteiger partial charge in [0, 0.05) is 44.6 Å². The van der Waals surface area contributed by atoms with Crippen molar-refractivity contribution in [3.05, 3.63) is 65.2 Å². The zero-order valence-corrected chi connectivity index (χ0v) is 17.3. The summed E-state index contributed by atoms with van der Waals surface area (Å²) in [5, 5.41) is 0. The van der Waals surface area contributed by atoms with Crippen molar-refractivity contribution >= 4 is 21.7 Å². The number of carbonyl (C=O) groups is 2. The molecule has 0 bridgehead atoms. The molecule has 1 heterocycles. The summed E-state index contributed by atoms with van der Waals surface area (Å²) in [6.45, 7) is 2.34. The van der Waals surface area contributed by atoms with Crippen molar-refractivity contribution in [3.63, 3.8) is 0 Å². The van der Waals surface area contributed by atoms with Gasteiger partial charge in [0.1, 0.15) is 0 Å². The van der Waals surface area contributed by atoms with Crippen LogP contribution in [0.2, 0.25) is 0 Å². The molecule has 1 aliphatic heterocycles. The lowest BCUT2D eigenvalue weighted by Gasteiger charge is -2.34. The van der Waals surface area contributed by atoms with E-state index in [9.17, 15) is 26.8 Å². The maximum absolute atomic E-state index is 13.4. The Labute approximate surface area is 174 Å². The molecule has 3 rings (SSSR count). The first-order valence-corrected chi connectivity index (χ1v) is 11.0. The molecular weight excluding hydrogens is 414 g/mol. The van der Waals surface area contributed by atoms with Gasteiger partial charge in [-0.15, -0.1) is 0 Å². The SMILES string of the molecule is Cc1ccc(C(=O)CCC(=O)N2CCN(S(=O)(=O)c3ccc(F)c(F)c3)CC2)cc1. The van der Waals surface area contributed by atoms with Crippen LogP contribution in [0.1, 0.15) is 28.8 Å². The smallest absolute Gasteiger partial charge is 0.243 e. The third-order valence-electron chi connectivity index (χ3n) is 5.06. The Hall–Kier alpha value is -2.65. The van der Waals surface area contributed by atoms with Crippen LogP contribution in [0.25, 0.3) is 0 Å². The fourth-order valence-corrected chi connectivity index (χ4v) is 4.66. The molecule has 30 heavy (non-hydrogen) atoms. The first kappa shape index (κ1) is 22.0. The highest BCUT2D eigenvalue weighted by atomic mass is 32.2. The van der Waals surface area contributed by atoms with Gasteiger partial charge in [-0.1, -0.05) is 29.8 Å². The third-order valence-corrected chi connectivity index (χ3v) is 6.95. The summed E-state index contributed by atoms with van der Waals surface area (Å²) < 4.78 is 52.8. The molecule has 0 unspecified atom stereocenters. The Morgan fingerprint density at radius 1 is 0.900 bits per heavy atom. The molecule has 0 spiro atoms. The van der Waals surface area contributed by atoms with Gasteiger partial charge in [0.25, 0.3) is 0 Å². The van der Waals surface area contributed by atoms with Crippen molar-refractivity contribution in [1.29, 1.82) is 0 Å². The number of piperazine rings is 1. The summed E-state index contributed by atoms with van der Waals surface area (Å²) in [5.74, 6) is -2.70. The Morgan fingerprint density at radius 2 is 1.53 bits per heavy atom. The van der Waals surface area contributed by atoms with Gasteiger partial charge in [0.2, 0.25) is 15.9 Å². The van der Waals surface area contributed by atoms with E-state index in [1.54, 1.807) is 12.1 Å². The third kappa shape index (κ3) is 4.91. The molecule has 1 fully saturated rings. The summed E-state index contributed by atoms with van der Waals surface area (Å²) in [5.41, 5.74) is 1.59. The predicted octanol–water partition coefficient (Wildman–Crippen LogP) is 2.77. The number of nitrogens with zero attached hydrogens (tertiary/aromatic N) is 2. The number of ketones is 1. The number of amides is 1. The quantitative estimate of drug-likeness (QED) is 0.653. The van der Waals surface area contributed by atoms with Gasteiger partial charge in [-0.25, -0.2) is 17.2 Å². The summed E-state index contributed by atoms with van der Waals surface area (Å²) in [6, 6.07) is 9.56. The number of rotatable bonds is 6. The molecule has 2 aromatic rings. The van der Waals surface area contributed by atoms with Crippen molar-refractivity contribution in [1.82, 2.24) is 9.21 Å². The molecule has 0 atom stereocenters. The number of aryl methyl sites for hydroxylation is 1. The van der Waals surface area contributed by atoms with Gasteiger partial charge in [-0.2, -0.15) is 4.31 Å². The van der Waals surface area contributed by atoms with Crippen molar-refractivity contribution in [3.8, 4) is 0 Å². The van der Waals surface area contributed by atoms with Crippen molar-refractivity contribution < 1.29 is 26.8 Å². The summed E-state index contributed by atoms with van der Waals surface area (Å²) >= 11 is 0. The maximum atomic E-state index is 13.4. The highest BCUT2D eigenvalue weighted by Crippen LogP contribution is 2.20. The Balaban J connectivity index is 1.54. The molecule has 0 N–H and O–H groups in total. The zero-order chi connectivity index (χ0) is 21.9. The van der Waals surface area contributed by atoms with Crippen LogP contribution in [-0.2, 0) is 14.8 Å². The predicted molar refractivity (Wildman–Crippen MR) is 106 cm³/mol. The van der Waals surface area contributed by atoms with Crippen LogP contribution in [0.4, 0.5) is 8.78 Å². The second-order valence-corrected chi connectivity index (χ2v) is 9.09. The Bertz CT molecular complexity index is 1050. The first-order valence-electron chi connectivity index (χ1n) is 9.51. The lowest BCUT2D eigenvalue weighted by molar-refractivity contribution is -0.132. The zero-order valence-electron chi connectivity index (χ0n) is 16.5. The normalized spacial score (nSPS) is 15.2. The van der Waals surface area contributed by atoms with Crippen LogP contribution in [0.15, 0.2) is 47.4 Å². The molecule has 1 saturated heterocycles. The van der Waals surface area contributed by atoms with E-state index in [0.29, 0.717) is 11.6 Å². The van der Waals surface area contributed by atoms with Crippen molar-refractivity contribution in [2.75, 3.05) is 26.2 Å². The first-order chi connectivity index (χ1) is 14.2. The summed E-state index contributed by atoms with van der Waals surface area (Å²) in [4.78, 5) is 25.8. The maximum Gasteiger partial charge on any atom is 0.243 e. The highest BCUT2D eigenvalue weighted by Gasteiger charge is 2.30. The molecular formula is C21H22F2N2O4S. The Morgan fingerprint density at radius 3 is 2.13 bits per heavy atom. The van der Waals surface area contributed by atoms with Crippen LogP contribution in [0.5, 0.6) is 0 Å². The fourth-order valence-electron chi connectivity index (χ4n) is 3.23. The molecule has 0 aromatic heterocycles. The second kappa shape index (κ2) is 9.01. The van der Waals surface area contributed by atoms with E-state index >= 15 is 0 Å². The van der Waals surface area contributed by atoms with E-state index in [0.717, 1.165) is 22.0 Å². The van der Waals surface area contributed by atoms with Gasteiger partial charge in [-0.05, 0) is 25.1 Å². The number of hydrogen-bond acceptors (Lipinski definition) is 4. The van der Waals surface area contributed by atoms with E-state index in [1.165, 1.54) is 4.90 Å². The number of hydrogen-bond donors (Lipinski definition) is 0. The molecule has 0 radical (unpaired) electrons. The van der Waals surface area contributed by atoms with E-state index < -0.39 is 21.7 Å². The minimum Gasteiger partial charge on any atom is -0.340 e. The Kier molecular flexibility index (Phi) is 6.62. The lowest BCUT2D eigenvalue weighted by Crippen LogP contribution is -2.50. The van der Waals surface area contributed by atoms with Gasteiger partial charge < -0.3 is 4.90 Å². The van der Waals surface area contributed by atoms with Crippen LogP contribution in [-0.4, -0.2) is 55.5 Å². The number of carbonyl (C=O) groups excluding carboxylic acids is 2. The average Bonchev–Trinajstić information content (AvgIpc) is 2.74. The van der Waals surface area contributed by atoms with Crippen molar-refractivity contribution in [2.45, 2.75) is 24.7 Å². The van der Waals surface area contributed by atoms with Crippen LogP contribution >= 0.6 is 0 Å². The minimum atomic E-state index is -3.98. The number of halogens is 2. The summed E-state index contributed by atoms with van der Waals surface area (Å²) in [6.07, 6.45) is 0.123. The average molecular weight is 436 g/mol. The summed E-state index contributed by atoms with van der Waals surface area (Å²) in [7, 11) is -3.98. The number of Topliss-reactive ketones (excluding diaryl/α,β-unsaturated/α-hetero) is 1. The van der Waals surface area contributed by atoms with Gasteiger partial charge in [0.15, 0.2) is 17.4 Å². The molecule has 1 aliphatic rings. The van der Waals surface area contributed by atoms with Gasteiger partial charge in [-0.3, -0.25) is 9.59 Å². The van der Waals surface area contributed by atoms with Crippen LogP contribution < -0.4 is 0 Å². The molecule has 2 aromatic carbocycles. The van der Waals surface area contributed by atoms with E-state index in [-0.39, 0.29) is 55.6 Å². The number of sulfonamides is 1. The molecule has 160 valence electrons. The standard InChI is InChI=1S/C21H22F2N2O4S/c1-15-2-4-16(5-3-15)20(26)8-9-21(27)24-10-12-25(13-11-24)30(28,29)17-6-7-18(22)19(23)14-17/h2-7,14H,8-13H2,1H3. The van der Waals surface area contributed by atoms with E-state index in [4.69, 9.17) is 0 Å². The van der Waals surface area contributed by atoms with Gasteiger partial charge in [0.05, 0.1) is 4.90 Å². The van der Waals surface area contributed by atoms with Crippen LogP contribution in [0, 0.1) is 18.6 Å². The molecule has 0 saturated carbocycles. The number of benzene rings is 2. The molecule has 6 nitrogen and oxygen atoms in total. The topological polar surface area (TPSA) is 74.8 Å². The van der Waals surface area contributed by atoms with E-state index in [1.807, 2.05) is 19.1 Å². The largest absolute Gasteiger partial charge is 0.340 e. The van der Waals surface area contributed by atoms with Crippen LogP contribution in [0.3, 0.4) is 0 Å². The van der Waals surface area contributed by atoms with Gasteiger partial charge >= 0.3 is 0 Å². The highest BCUT2D eigenvalue weighted by molar-refractivity contribution is 7.89. The van der Waals surface area contributed by atoms with E-state index in [2.05, 4.69) is 0 Å². The van der Waals surface area contributed by atoms with Crippen molar-refractivity contribution in [2.24, 2.45) is 0 Å². The second-order valence-electron chi connectivity index (χ2n) is 7.15. The molecule has 1 amide bonds. The fraction of sp³-hybridized carbons (Fsp3) is 0.333. The lowest BCUT2D eigenvalue weighted by atomic mass is 10.0. The monoisotopic (exact) mass is 436 g/mol. The molecule has 9 heteroatoms. The molecule has 0 aliphatic carbocycles. The minimum absolute atomic E-state index is 0.0407.